The van der Waals surface area contributed by atoms with Crippen LogP contribution < -0.4 is 4.90 Å². The largest absolute Gasteiger partial charge is 0.478 e. The van der Waals surface area contributed by atoms with Crippen LogP contribution in [0.2, 0.25) is 0 Å². The van der Waals surface area contributed by atoms with Gasteiger partial charge in [0.15, 0.2) is 0 Å². The van der Waals surface area contributed by atoms with Crippen molar-refractivity contribution >= 4 is 11.7 Å². The van der Waals surface area contributed by atoms with Crippen molar-refractivity contribution in [1.29, 1.82) is 0 Å². The highest BCUT2D eigenvalue weighted by Gasteiger charge is 2.26. The van der Waals surface area contributed by atoms with Crippen molar-refractivity contribution in [1.82, 2.24) is 4.98 Å². The molecule has 1 fully saturated rings. The fourth-order valence-electron chi connectivity index (χ4n) is 3.06. The zero-order valence-corrected chi connectivity index (χ0v) is 13.3. The highest BCUT2D eigenvalue weighted by molar-refractivity contribution is 5.94. The van der Waals surface area contributed by atoms with Crippen molar-refractivity contribution in [3.05, 3.63) is 23.5 Å². The number of pyridine rings is 1. The SMILES string of the molecule is Cc1cc(N(CCC(C)C)C2CCCC2)c(C(=O)O)cn1. The normalized spacial score (nSPS) is 15.6. The van der Waals surface area contributed by atoms with Gasteiger partial charge in [-0.25, -0.2) is 4.79 Å². The molecule has 4 heteroatoms. The summed E-state index contributed by atoms with van der Waals surface area (Å²) >= 11 is 0. The van der Waals surface area contributed by atoms with Gasteiger partial charge in [-0.15, -0.1) is 0 Å². The summed E-state index contributed by atoms with van der Waals surface area (Å²) in [5.41, 5.74) is 2.06. The van der Waals surface area contributed by atoms with Gasteiger partial charge in [-0.3, -0.25) is 4.98 Å². The minimum absolute atomic E-state index is 0.330. The fourth-order valence-corrected chi connectivity index (χ4v) is 3.06. The molecule has 1 aromatic rings. The van der Waals surface area contributed by atoms with Gasteiger partial charge in [0, 0.05) is 24.5 Å². The molecule has 116 valence electrons. The van der Waals surface area contributed by atoms with Crippen molar-refractivity contribution in [3.63, 3.8) is 0 Å². The van der Waals surface area contributed by atoms with Crippen molar-refractivity contribution in [2.45, 2.75) is 58.9 Å². The van der Waals surface area contributed by atoms with Crippen LogP contribution in [0.1, 0.15) is 62.0 Å². The topological polar surface area (TPSA) is 53.4 Å². The number of carbonyl (C=O) groups is 1. The average Bonchev–Trinajstić information content (AvgIpc) is 2.92. The molecule has 0 unspecified atom stereocenters. The molecule has 0 saturated heterocycles. The number of hydrogen-bond donors (Lipinski definition) is 1. The van der Waals surface area contributed by atoms with Crippen LogP contribution in [0, 0.1) is 12.8 Å². The van der Waals surface area contributed by atoms with E-state index in [1.807, 2.05) is 13.0 Å². The van der Waals surface area contributed by atoms with Gasteiger partial charge in [-0.05, 0) is 38.2 Å². The Kier molecular flexibility index (Phi) is 5.21. The number of aromatic carboxylic acids is 1. The molecule has 0 bridgehead atoms. The van der Waals surface area contributed by atoms with Crippen molar-refractivity contribution in [3.8, 4) is 0 Å². The monoisotopic (exact) mass is 290 g/mol. The maximum absolute atomic E-state index is 11.5. The molecule has 2 rings (SSSR count). The molecule has 4 nitrogen and oxygen atoms in total. The lowest BCUT2D eigenvalue weighted by molar-refractivity contribution is 0.0697. The molecule has 21 heavy (non-hydrogen) atoms. The maximum Gasteiger partial charge on any atom is 0.339 e. The molecule has 0 spiro atoms. The van der Waals surface area contributed by atoms with Crippen LogP contribution in [0.5, 0.6) is 0 Å². The number of aromatic nitrogens is 1. The summed E-state index contributed by atoms with van der Waals surface area (Å²) in [5.74, 6) is -0.268. The van der Waals surface area contributed by atoms with Gasteiger partial charge in [0.05, 0.1) is 5.69 Å². The van der Waals surface area contributed by atoms with Gasteiger partial charge in [0.2, 0.25) is 0 Å². The molecule has 0 radical (unpaired) electrons. The zero-order valence-electron chi connectivity index (χ0n) is 13.3. The molecular weight excluding hydrogens is 264 g/mol. The smallest absolute Gasteiger partial charge is 0.339 e. The number of hydrogen-bond acceptors (Lipinski definition) is 3. The quantitative estimate of drug-likeness (QED) is 0.863. The van der Waals surface area contributed by atoms with Gasteiger partial charge in [0.25, 0.3) is 0 Å². The molecule has 1 heterocycles. The van der Waals surface area contributed by atoms with E-state index in [0.29, 0.717) is 17.5 Å². The first kappa shape index (κ1) is 15.8. The fraction of sp³-hybridized carbons (Fsp3) is 0.647. The molecule has 0 amide bonds. The second-order valence-electron chi connectivity index (χ2n) is 6.46. The summed E-state index contributed by atoms with van der Waals surface area (Å²) in [6.07, 6.45) is 7.41. The number of carboxylic acids is 1. The van der Waals surface area contributed by atoms with Gasteiger partial charge < -0.3 is 10.0 Å². The summed E-state index contributed by atoms with van der Waals surface area (Å²) in [6, 6.07) is 2.41. The molecule has 1 aliphatic carbocycles. The number of carboxylic acid groups (broad SMARTS) is 1. The molecule has 0 atom stereocenters. The first-order chi connectivity index (χ1) is 9.99. The van der Waals surface area contributed by atoms with Crippen LogP contribution in [0.15, 0.2) is 12.3 Å². The van der Waals surface area contributed by atoms with Crippen LogP contribution in [0.4, 0.5) is 5.69 Å². The molecule has 0 aromatic carbocycles. The average molecular weight is 290 g/mol. The Balaban J connectivity index is 2.34. The Bertz CT molecular complexity index is 494. The summed E-state index contributed by atoms with van der Waals surface area (Å²) in [6.45, 7) is 7.27. The summed E-state index contributed by atoms with van der Waals surface area (Å²) in [7, 11) is 0. The third-order valence-corrected chi connectivity index (χ3v) is 4.27. The van der Waals surface area contributed by atoms with Gasteiger partial charge >= 0.3 is 5.97 Å². The first-order valence-electron chi connectivity index (χ1n) is 7.95. The highest BCUT2D eigenvalue weighted by atomic mass is 16.4. The van der Waals surface area contributed by atoms with E-state index in [1.54, 1.807) is 0 Å². The van der Waals surface area contributed by atoms with Crippen molar-refractivity contribution in [2.24, 2.45) is 5.92 Å². The lowest BCUT2D eigenvalue weighted by Gasteiger charge is -2.33. The Morgan fingerprint density at radius 2 is 2.10 bits per heavy atom. The summed E-state index contributed by atoms with van der Waals surface area (Å²) < 4.78 is 0. The van der Waals surface area contributed by atoms with Gasteiger partial charge in [-0.2, -0.15) is 0 Å². The van der Waals surface area contributed by atoms with Crippen LogP contribution in [0.25, 0.3) is 0 Å². The number of nitrogens with zero attached hydrogens (tertiary/aromatic N) is 2. The first-order valence-corrected chi connectivity index (χ1v) is 7.95. The van der Waals surface area contributed by atoms with E-state index in [-0.39, 0.29) is 0 Å². The third kappa shape index (κ3) is 3.96. The summed E-state index contributed by atoms with van der Waals surface area (Å²) in [4.78, 5) is 18.0. The van der Waals surface area contributed by atoms with Gasteiger partial charge in [-0.1, -0.05) is 26.7 Å². The lowest BCUT2D eigenvalue weighted by atomic mass is 10.1. The number of aryl methyl sites for hydroxylation is 1. The number of anilines is 1. The Hall–Kier alpha value is -1.58. The molecule has 1 aliphatic rings. The highest BCUT2D eigenvalue weighted by Crippen LogP contribution is 2.31. The maximum atomic E-state index is 11.5. The van der Waals surface area contributed by atoms with E-state index in [2.05, 4.69) is 23.7 Å². The van der Waals surface area contributed by atoms with Crippen LogP contribution >= 0.6 is 0 Å². The standard InChI is InChI=1S/C17H26N2O2/c1-12(2)8-9-19(14-6-4-5-7-14)16-10-13(3)18-11-15(16)17(20)21/h10-12,14H,4-9H2,1-3H3,(H,20,21). The second kappa shape index (κ2) is 6.92. The van der Waals surface area contributed by atoms with Crippen LogP contribution in [0.3, 0.4) is 0 Å². The van der Waals surface area contributed by atoms with Crippen molar-refractivity contribution < 1.29 is 9.90 Å². The molecule has 0 aliphatic heterocycles. The Morgan fingerprint density at radius 1 is 1.43 bits per heavy atom. The van der Waals surface area contributed by atoms with E-state index in [1.165, 1.54) is 31.9 Å². The van der Waals surface area contributed by atoms with Crippen LogP contribution in [-0.2, 0) is 0 Å². The summed E-state index contributed by atoms with van der Waals surface area (Å²) in [5, 5.41) is 9.46. The predicted octanol–water partition coefficient (Wildman–Crippen LogP) is 3.88. The zero-order chi connectivity index (χ0) is 15.4. The third-order valence-electron chi connectivity index (χ3n) is 4.27. The van der Waals surface area contributed by atoms with E-state index in [0.717, 1.165) is 24.3 Å². The van der Waals surface area contributed by atoms with Crippen LogP contribution in [-0.4, -0.2) is 28.6 Å². The predicted molar refractivity (Wildman–Crippen MR) is 85.0 cm³/mol. The molecule has 1 aromatic heterocycles. The van der Waals surface area contributed by atoms with Gasteiger partial charge in [0.1, 0.15) is 5.56 Å². The van der Waals surface area contributed by atoms with E-state index >= 15 is 0 Å². The molecule has 1 N–H and O–H groups in total. The second-order valence-corrected chi connectivity index (χ2v) is 6.46. The minimum atomic E-state index is -0.884. The van der Waals surface area contributed by atoms with Crippen molar-refractivity contribution in [2.75, 3.05) is 11.4 Å². The molecule has 1 saturated carbocycles. The van der Waals surface area contributed by atoms with E-state index in [4.69, 9.17) is 0 Å². The Morgan fingerprint density at radius 3 is 2.67 bits per heavy atom. The Labute approximate surface area is 127 Å². The minimum Gasteiger partial charge on any atom is -0.478 e. The lowest BCUT2D eigenvalue weighted by Crippen LogP contribution is -2.36. The number of rotatable bonds is 6. The van der Waals surface area contributed by atoms with E-state index < -0.39 is 5.97 Å². The molecular formula is C17H26N2O2. The van der Waals surface area contributed by atoms with E-state index in [9.17, 15) is 9.90 Å².